The van der Waals surface area contributed by atoms with Gasteiger partial charge in [-0.15, -0.1) is 0 Å². The Labute approximate surface area is 115 Å². The first-order chi connectivity index (χ1) is 9.74. The molecule has 1 aromatic carbocycles. The Morgan fingerprint density at radius 3 is 3.05 bits per heavy atom. The number of nitrogens with zero attached hydrogens (tertiary/aromatic N) is 3. The minimum atomic E-state index is -0.417. The van der Waals surface area contributed by atoms with Gasteiger partial charge in [-0.3, -0.25) is 10.1 Å². The summed E-state index contributed by atoms with van der Waals surface area (Å²) in [6, 6.07) is 4.77. The normalized spacial score (nSPS) is 18.9. The van der Waals surface area contributed by atoms with Crippen molar-refractivity contribution in [2.75, 3.05) is 18.5 Å². The molecule has 1 aromatic heterocycles. The number of nitro groups is 1. The topological polar surface area (TPSA) is 90.2 Å². The number of hydrogen-bond acceptors (Lipinski definition) is 6. The Kier molecular flexibility index (Phi) is 3.42. The standard InChI is InChI=1S/C13H14N4O3/c18-17(19)10-3-4-12-11(6-10)13(15-8-14-12)16-9-2-1-5-20-7-9/h3-4,6,8-9H,1-2,5,7H2,(H,14,15,16). The zero-order chi connectivity index (χ0) is 13.9. The minimum absolute atomic E-state index is 0.0373. The summed E-state index contributed by atoms with van der Waals surface area (Å²) >= 11 is 0. The molecule has 2 heterocycles. The van der Waals surface area contributed by atoms with E-state index in [0.29, 0.717) is 23.3 Å². The van der Waals surface area contributed by atoms with E-state index in [1.807, 2.05) is 0 Å². The van der Waals surface area contributed by atoms with Gasteiger partial charge in [-0.05, 0) is 18.9 Å². The Balaban J connectivity index is 1.96. The van der Waals surface area contributed by atoms with Crippen LogP contribution in [0.15, 0.2) is 24.5 Å². The SMILES string of the molecule is O=[N+]([O-])c1ccc2ncnc(NC3CCCOC3)c2c1. The molecule has 0 aliphatic carbocycles. The molecule has 0 bridgehead atoms. The number of non-ortho nitro benzene ring substituents is 1. The van der Waals surface area contributed by atoms with E-state index in [1.54, 1.807) is 6.07 Å². The van der Waals surface area contributed by atoms with Crippen molar-refractivity contribution in [3.8, 4) is 0 Å². The van der Waals surface area contributed by atoms with Crippen LogP contribution in [0.3, 0.4) is 0 Å². The Morgan fingerprint density at radius 2 is 2.30 bits per heavy atom. The number of ether oxygens (including phenoxy) is 1. The molecular formula is C13H14N4O3. The molecule has 1 aliphatic heterocycles. The fraction of sp³-hybridized carbons (Fsp3) is 0.385. The lowest BCUT2D eigenvalue weighted by molar-refractivity contribution is -0.384. The summed E-state index contributed by atoms with van der Waals surface area (Å²) < 4.78 is 5.41. The number of anilines is 1. The molecule has 2 aromatic rings. The molecule has 1 N–H and O–H groups in total. The molecule has 1 aliphatic rings. The maximum Gasteiger partial charge on any atom is 0.270 e. The summed E-state index contributed by atoms with van der Waals surface area (Å²) in [5.41, 5.74) is 0.722. The van der Waals surface area contributed by atoms with Gasteiger partial charge in [0.25, 0.3) is 5.69 Å². The number of nitrogens with one attached hydrogen (secondary N) is 1. The van der Waals surface area contributed by atoms with Crippen LogP contribution in [0.5, 0.6) is 0 Å². The molecule has 7 nitrogen and oxygen atoms in total. The fourth-order valence-corrected chi connectivity index (χ4v) is 2.32. The highest BCUT2D eigenvalue weighted by Crippen LogP contribution is 2.25. The molecule has 20 heavy (non-hydrogen) atoms. The van der Waals surface area contributed by atoms with Crippen LogP contribution in [-0.4, -0.2) is 34.1 Å². The second-order valence-corrected chi connectivity index (χ2v) is 4.74. The molecule has 104 valence electrons. The average molecular weight is 274 g/mol. The van der Waals surface area contributed by atoms with Crippen molar-refractivity contribution in [1.29, 1.82) is 0 Å². The summed E-state index contributed by atoms with van der Waals surface area (Å²) in [5.74, 6) is 0.620. The van der Waals surface area contributed by atoms with Crippen LogP contribution in [0, 0.1) is 10.1 Å². The van der Waals surface area contributed by atoms with Crippen LogP contribution in [-0.2, 0) is 4.74 Å². The van der Waals surface area contributed by atoms with Crippen LogP contribution >= 0.6 is 0 Å². The lowest BCUT2D eigenvalue weighted by atomic mass is 10.1. The molecule has 0 amide bonds. The van der Waals surface area contributed by atoms with Crippen molar-refractivity contribution < 1.29 is 9.66 Å². The number of benzene rings is 1. The van der Waals surface area contributed by atoms with Gasteiger partial charge >= 0.3 is 0 Å². The van der Waals surface area contributed by atoms with Gasteiger partial charge in [-0.1, -0.05) is 0 Å². The van der Waals surface area contributed by atoms with Crippen molar-refractivity contribution in [1.82, 2.24) is 9.97 Å². The first-order valence-electron chi connectivity index (χ1n) is 6.47. The van der Waals surface area contributed by atoms with Crippen molar-refractivity contribution in [2.24, 2.45) is 0 Å². The van der Waals surface area contributed by atoms with Gasteiger partial charge in [-0.25, -0.2) is 9.97 Å². The summed E-state index contributed by atoms with van der Waals surface area (Å²) in [5, 5.41) is 14.8. The van der Waals surface area contributed by atoms with Gasteiger partial charge < -0.3 is 10.1 Å². The highest BCUT2D eigenvalue weighted by Gasteiger charge is 2.16. The number of nitro benzene ring substituents is 1. The first-order valence-corrected chi connectivity index (χ1v) is 6.47. The summed E-state index contributed by atoms with van der Waals surface area (Å²) in [4.78, 5) is 18.8. The third kappa shape index (κ3) is 2.53. The number of aromatic nitrogens is 2. The summed E-state index contributed by atoms with van der Waals surface area (Å²) in [6.45, 7) is 1.41. The number of fused-ring (bicyclic) bond motifs is 1. The maximum absolute atomic E-state index is 10.9. The Morgan fingerprint density at radius 1 is 1.40 bits per heavy atom. The summed E-state index contributed by atoms with van der Waals surface area (Å²) in [6.07, 6.45) is 3.46. The van der Waals surface area contributed by atoms with E-state index in [1.165, 1.54) is 18.5 Å². The lowest BCUT2D eigenvalue weighted by Gasteiger charge is -2.23. The van der Waals surface area contributed by atoms with Crippen molar-refractivity contribution in [2.45, 2.75) is 18.9 Å². The monoisotopic (exact) mass is 274 g/mol. The number of rotatable bonds is 3. The highest BCUT2D eigenvalue weighted by atomic mass is 16.6. The molecule has 1 fully saturated rings. The van der Waals surface area contributed by atoms with Gasteiger partial charge in [0, 0.05) is 24.1 Å². The number of hydrogen-bond donors (Lipinski definition) is 1. The van der Waals surface area contributed by atoms with E-state index in [4.69, 9.17) is 4.74 Å². The van der Waals surface area contributed by atoms with Crippen LogP contribution in [0.2, 0.25) is 0 Å². The predicted octanol–water partition coefficient (Wildman–Crippen LogP) is 2.13. The third-order valence-corrected chi connectivity index (χ3v) is 3.33. The maximum atomic E-state index is 10.9. The van der Waals surface area contributed by atoms with Crippen molar-refractivity contribution >= 4 is 22.4 Å². The van der Waals surface area contributed by atoms with Gasteiger partial charge in [0.1, 0.15) is 12.1 Å². The van der Waals surface area contributed by atoms with E-state index >= 15 is 0 Å². The molecule has 1 saturated heterocycles. The van der Waals surface area contributed by atoms with Gasteiger partial charge in [0.2, 0.25) is 0 Å². The van der Waals surface area contributed by atoms with Gasteiger partial charge in [0.15, 0.2) is 0 Å². The molecular weight excluding hydrogens is 260 g/mol. The average Bonchev–Trinajstić information content (AvgIpc) is 2.48. The molecule has 1 atom stereocenters. The second kappa shape index (κ2) is 5.38. The third-order valence-electron chi connectivity index (χ3n) is 3.33. The molecule has 0 spiro atoms. The van der Waals surface area contributed by atoms with E-state index in [-0.39, 0.29) is 11.7 Å². The highest BCUT2D eigenvalue weighted by molar-refractivity contribution is 5.90. The molecule has 7 heteroatoms. The van der Waals surface area contributed by atoms with Gasteiger partial charge in [-0.2, -0.15) is 0 Å². The van der Waals surface area contributed by atoms with Crippen LogP contribution < -0.4 is 5.32 Å². The first kappa shape index (κ1) is 12.7. The lowest BCUT2D eigenvalue weighted by Crippen LogP contribution is -2.30. The van der Waals surface area contributed by atoms with E-state index in [2.05, 4.69) is 15.3 Å². The zero-order valence-electron chi connectivity index (χ0n) is 10.8. The Bertz CT molecular complexity index is 641. The molecule has 0 saturated carbocycles. The van der Waals surface area contributed by atoms with Gasteiger partial charge in [0.05, 0.1) is 23.1 Å². The minimum Gasteiger partial charge on any atom is -0.379 e. The molecule has 0 radical (unpaired) electrons. The molecule has 3 rings (SSSR count). The Hall–Kier alpha value is -2.28. The predicted molar refractivity (Wildman–Crippen MR) is 73.7 cm³/mol. The fourth-order valence-electron chi connectivity index (χ4n) is 2.32. The molecule has 1 unspecified atom stereocenters. The van der Waals surface area contributed by atoms with Crippen LogP contribution in [0.1, 0.15) is 12.8 Å². The van der Waals surface area contributed by atoms with Crippen molar-refractivity contribution in [3.63, 3.8) is 0 Å². The zero-order valence-corrected chi connectivity index (χ0v) is 10.8. The van der Waals surface area contributed by atoms with Crippen molar-refractivity contribution in [3.05, 3.63) is 34.6 Å². The second-order valence-electron chi connectivity index (χ2n) is 4.74. The van der Waals surface area contributed by atoms with E-state index in [9.17, 15) is 10.1 Å². The quantitative estimate of drug-likeness (QED) is 0.681. The van der Waals surface area contributed by atoms with E-state index in [0.717, 1.165) is 19.4 Å². The van der Waals surface area contributed by atoms with Crippen LogP contribution in [0.4, 0.5) is 11.5 Å². The van der Waals surface area contributed by atoms with E-state index < -0.39 is 4.92 Å². The largest absolute Gasteiger partial charge is 0.379 e. The summed E-state index contributed by atoms with van der Waals surface area (Å²) in [7, 11) is 0. The smallest absolute Gasteiger partial charge is 0.270 e. The van der Waals surface area contributed by atoms with Crippen LogP contribution in [0.25, 0.3) is 10.9 Å².